The second-order valence-electron chi connectivity index (χ2n) is 4.91. The third-order valence-corrected chi connectivity index (χ3v) is 3.20. The Kier molecular flexibility index (Phi) is 4.23. The Bertz CT molecular complexity index is 501. The molecule has 20 heavy (non-hydrogen) atoms. The van der Waals surface area contributed by atoms with Gasteiger partial charge in [-0.15, -0.1) is 0 Å². The van der Waals surface area contributed by atoms with Crippen LogP contribution in [0, 0.1) is 6.92 Å². The van der Waals surface area contributed by atoms with E-state index < -0.39 is 24.1 Å². The molecule has 8 nitrogen and oxygen atoms in total. The maximum absolute atomic E-state index is 11.9. The van der Waals surface area contributed by atoms with Crippen LogP contribution in [0.4, 0.5) is 4.79 Å². The van der Waals surface area contributed by atoms with Gasteiger partial charge < -0.3 is 20.4 Å². The second-order valence-corrected chi connectivity index (χ2v) is 4.91. The van der Waals surface area contributed by atoms with Crippen molar-refractivity contribution in [1.82, 2.24) is 20.0 Å². The Hall–Kier alpha value is -2.09. The normalized spacial score (nSPS) is 22.0. The number of hydrogen-bond donors (Lipinski definition) is 3. The number of amides is 2. The molecule has 0 bridgehead atoms. The van der Waals surface area contributed by atoms with Crippen molar-refractivity contribution in [3.63, 3.8) is 0 Å². The van der Waals surface area contributed by atoms with Crippen LogP contribution in [0.2, 0.25) is 0 Å². The molecule has 0 spiro atoms. The number of aromatic nitrogens is 2. The average molecular weight is 282 g/mol. The number of aliphatic hydroxyl groups excluding tert-OH is 1. The van der Waals surface area contributed by atoms with Gasteiger partial charge in [-0.2, -0.15) is 5.10 Å². The van der Waals surface area contributed by atoms with E-state index in [1.807, 2.05) is 13.1 Å². The fourth-order valence-electron chi connectivity index (χ4n) is 2.24. The highest BCUT2D eigenvalue weighted by Gasteiger charge is 2.38. The summed E-state index contributed by atoms with van der Waals surface area (Å²) in [4.78, 5) is 24.1. The zero-order valence-electron chi connectivity index (χ0n) is 11.2. The van der Waals surface area contributed by atoms with Crippen LogP contribution in [-0.2, 0) is 11.3 Å². The Labute approximate surface area is 116 Å². The number of hydrogen-bond acceptors (Lipinski definition) is 4. The Morgan fingerprint density at radius 2 is 2.30 bits per heavy atom. The van der Waals surface area contributed by atoms with Gasteiger partial charge in [0.25, 0.3) is 0 Å². The van der Waals surface area contributed by atoms with Crippen molar-refractivity contribution < 1.29 is 19.8 Å². The van der Waals surface area contributed by atoms with E-state index in [-0.39, 0.29) is 13.0 Å². The highest BCUT2D eigenvalue weighted by Crippen LogP contribution is 2.17. The monoisotopic (exact) mass is 282 g/mol. The van der Waals surface area contributed by atoms with Crippen molar-refractivity contribution in [2.24, 2.45) is 0 Å². The third-order valence-electron chi connectivity index (χ3n) is 3.20. The summed E-state index contributed by atoms with van der Waals surface area (Å²) in [5.74, 6) is -1.10. The summed E-state index contributed by atoms with van der Waals surface area (Å²) in [6.07, 6.45) is 2.86. The van der Waals surface area contributed by atoms with Gasteiger partial charge in [0.15, 0.2) is 0 Å². The highest BCUT2D eigenvalue weighted by molar-refractivity contribution is 5.83. The molecule has 1 fully saturated rings. The molecule has 0 unspecified atom stereocenters. The predicted molar refractivity (Wildman–Crippen MR) is 69.1 cm³/mol. The number of likely N-dealkylation sites (tertiary alicyclic amines) is 1. The second kappa shape index (κ2) is 5.91. The molecule has 0 saturated carbocycles. The van der Waals surface area contributed by atoms with Crippen LogP contribution in [-0.4, -0.2) is 62.1 Å². The number of aliphatic hydroxyl groups is 1. The van der Waals surface area contributed by atoms with Crippen LogP contribution in [0.5, 0.6) is 0 Å². The van der Waals surface area contributed by atoms with Gasteiger partial charge in [0.1, 0.15) is 6.04 Å². The number of aliphatic carboxylic acids is 1. The number of carbonyl (C=O) groups excluding carboxylic acids is 1. The number of urea groups is 1. The molecule has 3 N–H and O–H groups in total. The SMILES string of the molecule is Cc1cnn(CCNC(=O)N2C[C@H](O)C[C@H]2C(=O)O)c1. The number of carboxylic acid groups (broad SMARTS) is 1. The largest absolute Gasteiger partial charge is 0.480 e. The standard InChI is InChI=1S/C12H18N4O4/c1-8-5-14-15(6-8)3-2-13-12(20)16-7-9(17)4-10(16)11(18)19/h5-6,9-10,17H,2-4,7H2,1H3,(H,13,20)(H,18,19)/t9-,10+/m1/s1. The summed E-state index contributed by atoms with van der Waals surface area (Å²) in [5, 5.41) is 25.2. The van der Waals surface area contributed by atoms with E-state index in [1.165, 1.54) is 0 Å². The molecule has 0 aliphatic carbocycles. The molecule has 1 aromatic heterocycles. The van der Waals surface area contributed by atoms with Gasteiger partial charge in [-0.05, 0) is 12.5 Å². The fraction of sp³-hybridized carbons (Fsp3) is 0.583. The summed E-state index contributed by atoms with van der Waals surface area (Å²) in [6, 6.07) is -1.44. The summed E-state index contributed by atoms with van der Waals surface area (Å²) >= 11 is 0. The van der Waals surface area contributed by atoms with Gasteiger partial charge in [-0.3, -0.25) is 4.68 Å². The van der Waals surface area contributed by atoms with Gasteiger partial charge >= 0.3 is 12.0 Å². The Balaban J connectivity index is 1.83. The van der Waals surface area contributed by atoms with Gasteiger partial charge in [0, 0.05) is 25.7 Å². The highest BCUT2D eigenvalue weighted by atomic mass is 16.4. The number of rotatable bonds is 4. The van der Waals surface area contributed by atoms with Crippen molar-refractivity contribution in [3.8, 4) is 0 Å². The van der Waals surface area contributed by atoms with Crippen molar-refractivity contribution in [3.05, 3.63) is 18.0 Å². The smallest absolute Gasteiger partial charge is 0.326 e. The van der Waals surface area contributed by atoms with E-state index in [4.69, 9.17) is 5.11 Å². The van der Waals surface area contributed by atoms with Crippen molar-refractivity contribution in [1.29, 1.82) is 0 Å². The van der Waals surface area contributed by atoms with Crippen LogP contribution < -0.4 is 5.32 Å². The summed E-state index contributed by atoms with van der Waals surface area (Å²) in [5.41, 5.74) is 1.03. The van der Waals surface area contributed by atoms with Crippen LogP contribution in [0.3, 0.4) is 0 Å². The molecule has 1 aromatic rings. The molecular weight excluding hydrogens is 264 g/mol. The number of β-amino-alcohol motifs (C(OH)–C–C–N with tert-alkyl or cyclic N) is 1. The molecule has 2 amide bonds. The molecule has 1 aliphatic heterocycles. The van der Waals surface area contributed by atoms with Crippen LogP contribution >= 0.6 is 0 Å². The number of nitrogens with zero attached hydrogens (tertiary/aromatic N) is 3. The van der Waals surface area contributed by atoms with Crippen LogP contribution in [0.25, 0.3) is 0 Å². The van der Waals surface area contributed by atoms with E-state index in [1.54, 1.807) is 10.9 Å². The van der Waals surface area contributed by atoms with Crippen molar-refractivity contribution in [2.45, 2.75) is 32.0 Å². The zero-order valence-corrected chi connectivity index (χ0v) is 11.2. The average Bonchev–Trinajstić information content (AvgIpc) is 2.95. The summed E-state index contributed by atoms with van der Waals surface area (Å²) in [6.45, 7) is 2.82. The Morgan fingerprint density at radius 1 is 1.55 bits per heavy atom. The minimum Gasteiger partial charge on any atom is -0.480 e. The molecule has 2 rings (SSSR count). The van der Waals surface area contributed by atoms with Crippen molar-refractivity contribution in [2.75, 3.05) is 13.1 Å². The van der Waals surface area contributed by atoms with Gasteiger partial charge in [-0.25, -0.2) is 9.59 Å². The Morgan fingerprint density at radius 3 is 2.90 bits per heavy atom. The molecule has 2 heterocycles. The van der Waals surface area contributed by atoms with E-state index in [0.29, 0.717) is 13.1 Å². The number of nitrogens with one attached hydrogen (secondary N) is 1. The fourth-order valence-corrected chi connectivity index (χ4v) is 2.24. The lowest BCUT2D eigenvalue weighted by Crippen LogP contribution is -2.46. The molecule has 2 atom stereocenters. The molecular formula is C12H18N4O4. The molecule has 0 aromatic carbocycles. The molecule has 0 radical (unpaired) electrons. The van der Waals surface area contributed by atoms with Crippen LogP contribution in [0.1, 0.15) is 12.0 Å². The maximum Gasteiger partial charge on any atom is 0.326 e. The first-order valence-corrected chi connectivity index (χ1v) is 6.42. The van der Waals surface area contributed by atoms with Crippen molar-refractivity contribution >= 4 is 12.0 Å². The maximum atomic E-state index is 11.9. The van der Waals surface area contributed by atoms with E-state index >= 15 is 0 Å². The first-order chi connectivity index (χ1) is 9.47. The van der Waals surface area contributed by atoms with E-state index in [2.05, 4.69) is 10.4 Å². The topological polar surface area (TPSA) is 108 Å². The molecule has 1 aliphatic rings. The number of carbonyl (C=O) groups is 2. The van der Waals surface area contributed by atoms with Gasteiger partial charge in [-0.1, -0.05) is 0 Å². The number of aryl methyl sites for hydroxylation is 1. The quantitative estimate of drug-likeness (QED) is 0.685. The minimum atomic E-state index is -1.10. The third kappa shape index (κ3) is 3.27. The molecule has 110 valence electrons. The minimum absolute atomic E-state index is 0.0453. The lowest BCUT2D eigenvalue weighted by Gasteiger charge is -2.21. The van der Waals surface area contributed by atoms with E-state index in [9.17, 15) is 14.7 Å². The molecule has 1 saturated heterocycles. The van der Waals surface area contributed by atoms with Gasteiger partial charge in [0.05, 0.1) is 18.8 Å². The predicted octanol–water partition coefficient (Wildman–Crippen LogP) is -0.579. The first-order valence-electron chi connectivity index (χ1n) is 6.42. The van der Waals surface area contributed by atoms with E-state index in [0.717, 1.165) is 10.5 Å². The number of carboxylic acids is 1. The van der Waals surface area contributed by atoms with Crippen LogP contribution in [0.15, 0.2) is 12.4 Å². The lowest BCUT2D eigenvalue weighted by molar-refractivity contribution is -0.141. The molecule has 8 heteroatoms. The zero-order chi connectivity index (χ0) is 14.7. The summed E-state index contributed by atoms with van der Waals surface area (Å²) in [7, 11) is 0. The van der Waals surface area contributed by atoms with Gasteiger partial charge in [0.2, 0.25) is 0 Å². The lowest BCUT2D eigenvalue weighted by atomic mass is 10.2. The first kappa shape index (κ1) is 14.3. The summed E-state index contributed by atoms with van der Waals surface area (Å²) < 4.78 is 1.70.